The number of hydrogen-bond acceptors (Lipinski definition) is 6. The lowest BCUT2D eigenvalue weighted by atomic mass is 10.1. The molecule has 1 fully saturated rings. The Labute approximate surface area is 187 Å². The van der Waals surface area contributed by atoms with Gasteiger partial charge in [-0.15, -0.1) is 0 Å². The molecule has 2 aromatic rings. The molecule has 0 saturated carbocycles. The molecule has 7 heteroatoms. The van der Waals surface area contributed by atoms with E-state index in [0.29, 0.717) is 23.0 Å². The number of carbonyl (C=O) groups is 1. The van der Waals surface area contributed by atoms with Crippen LogP contribution in [-0.4, -0.2) is 67.8 Å². The van der Waals surface area contributed by atoms with E-state index >= 15 is 0 Å². The average molecular weight is 438 g/mol. The number of benzene rings is 2. The number of methoxy groups -OCH3 is 1. The zero-order valence-electron chi connectivity index (χ0n) is 17.9. The highest BCUT2D eigenvalue weighted by atomic mass is 32.2. The van der Waals surface area contributed by atoms with E-state index in [1.54, 1.807) is 7.11 Å². The minimum Gasteiger partial charge on any atom is -0.493 e. The smallest absolute Gasteiger partial charge is 0.286 e. The number of hydrogen-bond donors (Lipinski definition) is 0. The standard InChI is InChI=1S/C24H27N3O3S/c1-26-11-13-27(14-12-26)24-25-23(28)22(31-24)17-19-8-9-20(21(16-19)29-2)30-15-10-18-6-4-3-5-7-18/h3-9,16-17H,10-15H2,1-2H3. The highest BCUT2D eigenvalue weighted by Gasteiger charge is 2.27. The fourth-order valence-corrected chi connectivity index (χ4v) is 4.46. The molecular weight excluding hydrogens is 410 g/mol. The van der Waals surface area contributed by atoms with E-state index in [2.05, 4.69) is 34.0 Å². The van der Waals surface area contributed by atoms with E-state index in [4.69, 9.17) is 9.47 Å². The van der Waals surface area contributed by atoms with Crippen LogP contribution in [-0.2, 0) is 11.2 Å². The lowest BCUT2D eigenvalue weighted by molar-refractivity contribution is -0.113. The van der Waals surface area contributed by atoms with Crippen molar-refractivity contribution in [2.75, 3.05) is 46.9 Å². The number of likely N-dealkylation sites (N-methyl/N-ethyl adjacent to an activating group) is 1. The third-order valence-electron chi connectivity index (χ3n) is 5.36. The number of carbonyl (C=O) groups excluding carboxylic acids is 1. The van der Waals surface area contributed by atoms with Crippen LogP contribution in [0.25, 0.3) is 6.08 Å². The molecule has 4 rings (SSSR count). The lowest BCUT2D eigenvalue weighted by Crippen LogP contribution is -2.46. The number of piperazine rings is 1. The second kappa shape index (κ2) is 10.0. The summed E-state index contributed by atoms with van der Waals surface area (Å²) in [5.41, 5.74) is 2.12. The van der Waals surface area contributed by atoms with Gasteiger partial charge in [-0.1, -0.05) is 36.4 Å². The Hall–Kier alpha value is -2.77. The Bertz CT molecular complexity index is 983. The van der Waals surface area contributed by atoms with Gasteiger partial charge in [-0.3, -0.25) is 4.79 Å². The zero-order valence-corrected chi connectivity index (χ0v) is 18.7. The summed E-state index contributed by atoms with van der Waals surface area (Å²) >= 11 is 1.45. The molecule has 0 unspecified atom stereocenters. The van der Waals surface area contributed by atoms with Crippen LogP contribution in [0.1, 0.15) is 11.1 Å². The average Bonchev–Trinajstić information content (AvgIpc) is 3.16. The van der Waals surface area contributed by atoms with Crippen LogP contribution in [0.15, 0.2) is 58.4 Å². The molecule has 2 aromatic carbocycles. The summed E-state index contributed by atoms with van der Waals surface area (Å²) < 4.78 is 11.5. The molecule has 0 atom stereocenters. The predicted molar refractivity (Wildman–Crippen MR) is 126 cm³/mol. The second-order valence-electron chi connectivity index (χ2n) is 7.59. The van der Waals surface area contributed by atoms with Gasteiger partial charge < -0.3 is 19.3 Å². The van der Waals surface area contributed by atoms with Crippen LogP contribution >= 0.6 is 11.8 Å². The summed E-state index contributed by atoms with van der Waals surface area (Å²) in [7, 11) is 3.74. The maximum absolute atomic E-state index is 12.4. The quantitative estimate of drug-likeness (QED) is 0.645. The third kappa shape index (κ3) is 5.48. The maximum Gasteiger partial charge on any atom is 0.286 e. The van der Waals surface area contributed by atoms with Crippen molar-refractivity contribution < 1.29 is 14.3 Å². The van der Waals surface area contributed by atoms with Crippen molar-refractivity contribution in [3.63, 3.8) is 0 Å². The fraction of sp³-hybridized carbons (Fsp3) is 0.333. The Balaban J connectivity index is 1.39. The summed E-state index contributed by atoms with van der Waals surface area (Å²) in [5.74, 6) is 1.17. The Kier molecular flexibility index (Phi) is 6.94. The molecule has 0 bridgehead atoms. The van der Waals surface area contributed by atoms with Gasteiger partial charge >= 0.3 is 0 Å². The number of thioether (sulfide) groups is 1. The van der Waals surface area contributed by atoms with Crippen LogP contribution in [0.2, 0.25) is 0 Å². The first-order valence-electron chi connectivity index (χ1n) is 10.4. The molecule has 0 aromatic heterocycles. The van der Waals surface area contributed by atoms with E-state index in [0.717, 1.165) is 43.3 Å². The van der Waals surface area contributed by atoms with Crippen LogP contribution < -0.4 is 9.47 Å². The van der Waals surface area contributed by atoms with Gasteiger partial charge in [0.15, 0.2) is 16.7 Å². The third-order valence-corrected chi connectivity index (χ3v) is 6.40. The van der Waals surface area contributed by atoms with E-state index in [9.17, 15) is 4.79 Å². The molecule has 0 radical (unpaired) electrons. The SMILES string of the molecule is COc1cc(C=C2SC(N3CCN(C)CC3)=NC2=O)ccc1OCCc1ccccc1. The van der Waals surface area contributed by atoms with Gasteiger partial charge in [-0.05, 0) is 48.1 Å². The van der Waals surface area contributed by atoms with Gasteiger partial charge in [-0.2, -0.15) is 4.99 Å². The normalized spacial score (nSPS) is 18.4. The number of ether oxygens (including phenoxy) is 2. The molecule has 31 heavy (non-hydrogen) atoms. The molecule has 1 amide bonds. The van der Waals surface area contributed by atoms with Gasteiger partial charge in [0, 0.05) is 32.6 Å². The number of amides is 1. The van der Waals surface area contributed by atoms with Crippen LogP contribution in [0.5, 0.6) is 11.5 Å². The van der Waals surface area contributed by atoms with Gasteiger partial charge in [0.1, 0.15) is 0 Å². The first kappa shape index (κ1) is 21.5. The summed E-state index contributed by atoms with van der Waals surface area (Å²) in [6.45, 7) is 4.32. The number of amidine groups is 1. The van der Waals surface area contributed by atoms with Crippen LogP contribution in [0, 0.1) is 0 Å². The minimum absolute atomic E-state index is 0.180. The number of nitrogens with zero attached hydrogens (tertiary/aromatic N) is 3. The van der Waals surface area contributed by atoms with Gasteiger partial charge in [0.25, 0.3) is 5.91 Å². The molecular formula is C24H27N3O3S. The summed E-state index contributed by atoms with van der Waals surface area (Å²) in [6.07, 6.45) is 2.70. The fourth-order valence-electron chi connectivity index (χ4n) is 3.50. The molecule has 6 nitrogen and oxygen atoms in total. The first-order chi connectivity index (χ1) is 15.1. The Morgan fingerprint density at radius 1 is 1.06 bits per heavy atom. The molecule has 0 spiro atoms. The first-order valence-corrected chi connectivity index (χ1v) is 11.2. The molecule has 2 heterocycles. The van der Waals surface area contributed by atoms with Crippen molar-refractivity contribution in [2.24, 2.45) is 4.99 Å². The highest BCUT2D eigenvalue weighted by molar-refractivity contribution is 8.18. The topological polar surface area (TPSA) is 54.4 Å². The molecule has 2 aliphatic heterocycles. The molecule has 162 valence electrons. The van der Waals surface area contributed by atoms with Gasteiger partial charge in [0.2, 0.25) is 0 Å². The van der Waals surface area contributed by atoms with Crippen molar-refractivity contribution in [2.45, 2.75) is 6.42 Å². The monoisotopic (exact) mass is 437 g/mol. The summed E-state index contributed by atoms with van der Waals surface area (Å²) in [5, 5.41) is 0.803. The van der Waals surface area contributed by atoms with Crippen molar-refractivity contribution >= 4 is 28.9 Å². The summed E-state index contributed by atoms with van der Waals surface area (Å²) in [4.78, 5) is 21.8. The molecule has 0 aliphatic carbocycles. The van der Waals surface area contributed by atoms with E-state index in [1.165, 1.54) is 17.3 Å². The van der Waals surface area contributed by atoms with Crippen LogP contribution in [0.3, 0.4) is 0 Å². The molecule has 1 saturated heterocycles. The lowest BCUT2D eigenvalue weighted by Gasteiger charge is -2.32. The minimum atomic E-state index is -0.180. The van der Waals surface area contributed by atoms with Crippen LogP contribution in [0.4, 0.5) is 0 Å². The van der Waals surface area contributed by atoms with Crippen molar-refractivity contribution in [1.82, 2.24) is 9.80 Å². The van der Waals surface area contributed by atoms with Gasteiger partial charge in [-0.25, -0.2) is 0 Å². The molecule has 0 N–H and O–H groups in total. The van der Waals surface area contributed by atoms with E-state index in [1.807, 2.05) is 42.5 Å². The van der Waals surface area contributed by atoms with Crippen molar-refractivity contribution in [1.29, 1.82) is 0 Å². The second-order valence-corrected chi connectivity index (χ2v) is 8.60. The number of rotatable bonds is 6. The Morgan fingerprint density at radius 2 is 1.84 bits per heavy atom. The zero-order chi connectivity index (χ0) is 21.6. The highest BCUT2D eigenvalue weighted by Crippen LogP contribution is 2.33. The largest absolute Gasteiger partial charge is 0.493 e. The van der Waals surface area contributed by atoms with Gasteiger partial charge in [0.05, 0.1) is 18.6 Å². The molecule has 2 aliphatic rings. The van der Waals surface area contributed by atoms with Crippen molar-refractivity contribution in [3.05, 3.63) is 64.6 Å². The summed E-state index contributed by atoms with van der Waals surface area (Å²) in [6, 6.07) is 16.0. The number of aliphatic imine (C=N–C) groups is 1. The van der Waals surface area contributed by atoms with E-state index < -0.39 is 0 Å². The predicted octanol–water partition coefficient (Wildman–Crippen LogP) is 3.53. The maximum atomic E-state index is 12.4. The van der Waals surface area contributed by atoms with E-state index in [-0.39, 0.29) is 5.91 Å². The van der Waals surface area contributed by atoms with Crippen molar-refractivity contribution in [3.8, 4) is 11.5 Å². The Morgan fingerprint density at radius 3 is 2.58 bits per heavy atom.